The predicted octanol–water partition coefficient (Wildman–Crippen LogP) is 4.83. The molecule has 0 saturated carbocycles. The molecule has 0 fully saturated rings. The first-order valence-electron chi connectivity index (χ1n) is 10.1. The molecule has 8 nitrogen and oxygen atoms in total. The number of nitrogens with one attached hydrogen (secondary N) is 1. The monoisotopic (exact) mass is 440 g/mol. The number of carbonyl (C=O) groups excluding carboxylic acids is 1. The van der Waals surface area contributed by atoms with E-state index in [1.807, 2.05) is 55.5 Å². The van der Waals surface area contributed by atoms with Gasteiger partial charge in [-0.05, 0) is 55.0 Å². The van der Waals surface area contributed by atoms with E-state index in [4.69, 9.17) is 0 Å². The van der Waals surface area contributed by atoms with Crippen LogP contribution in [0.25, 0.3) is 16.9 Å². The maximum Gasteiger partial charge on any atom is 0.311 e. The molecule has 8 heteroatoms. The molecular formula is C25H20N4O4. The first-order chi connectivity index (χ1) is 16.0. The molecule has 3 aromatic carbocycles. The lowest BCUT2D eigenvalue weighted by molar-refractivity contribution is -0.385. The summed E-state index contributed by atoms with van der Waals surface area (Å²) in [6, 6.07) is 25.3. The van der Waals surface area contributed by atoms with E-state index in [0.717, 1.165) is 28.9 Å². The summed E-state index contributed by atoms with van der Waals surface area (Å²) in [5.74, 6) is -0.962. The number of hydrogen-bond acceptors (Lipinski definition) is 5. The van der Waals surface area contributed by atoms with Crippen molar-refractivity contribution in [3.05, 3.63) is 112 Å². The summed E-state index contributed by atoms with van der Waals surface area (Å²) >= 11 is 0. The Kier molecular flexibility index (Phi) is 5.99. The summed E-state index contributed by atoms with van der Waals surface area (Å²) in [5.41, 5.74) is 6.56. The fourth-order valence-corrected chi connectivity index (χ4v) is 3.50. The Labute approximate surface area is 189 Å². The van der Waals surface area contributed by atoms with Crippen LogP contribution in [0.2, 0.25) is 0 Å². The summed E-state index contributed by atoms with van der Waals surface area (Å²) in [4.78, 5) is 22.7. The van der Waals surface area contributed by atoms with Crippen LogP contribution in [0.5, 0.6) is 5.75 Å². The van der Waals surface area contributed by atoms with E-state index >= 15 is 0 Å². The van der Waals surface area contributed by atoms with Gasteiger partial charge >= 0.3 is 5.69 Å². The average molecular weight is 440 g/mol. The minimum Gasteiger partial charge on any atom is -0.502 e. The maximum atomic E-state index is 12.4. The summed E-state index contributed by atoms with van der Waals surface area (Å²) in [5, 5.41) is 24.7. The van der Waals surface area contributed by atoms with E-state index < -0.39 is 22.3 Å². The van der Waals surface area contributed by atoms with Gasteiger partial charge in [-0.3, -0.25) is 14.9 Å². The van der Waals surface area contributed by atoms with Gasteiger partial charge in [0.2, 0.25) is 5.75 Å². The number of phenolic OH excluding ortho intramolecular Hbond substituents is 1. The molecular weight excluding hydrogens is 420 g/mol. The van der Waals surface area contributed by atoms with Crippen LogP contribution in [0.3, 0.4) is 0 Å². The number of rotatable bonds is 6. The highest BCUT2D eigenvalue weighted by molar-refractivity contribution is 5.95. The molecule has 0 aliphatic rings. The van der Waals surface area contributed by atoms with Crippen molar-refractivity contribution < 1.29 is 14.8 Å². The van der Waals surface area contributed by atoms with Gasteiger partial charge in [0.1, 0.15) is 0 Å². The van der Waals surface area contributed by atoms with Gasteiger partial charge in [-0.2, -0.15) is 5.10 Å². The first kappa shape index (κ1) is 21.5. The Hall–Kier alpha value is -4.72. The Morgan fingerprint density at radius 2 is 1.73 bits per heavy atom. The average Bonchev–Trinajstić information content (AvgIpc) is 3.22. The number of hydrazone groups is 1. The topological polar surface area (TPSA) is 110 Å². The third kappa shape index (κ3) is 4.49. The summed E-state index contributed by atoms with van der Waals surface area (Å²) in [7, 11) is 0. The van der Waals surface area contributed by atoms with E-state index in [2.05, 4.69) is 21.2 Å². The van der Waals surface area contributed by atoms with Gasteiger partial charge in [0.15, 0.2) is 0 Å². The molecule has 0 bridgehead atoms. The minimum absolute atomic E-state index is 0.122. The van der Waals surface area contributed by atoms with Crippen LogP contribution in [0.4, 0.5) is 5.69 Å². The van der Waals surface area contributed by atoms with Crippen molar-refractivity contribution in [2.75, 3.05) is 0 Å². The van der Waals surface area contributed by atoms with Crippen LogP contribution in [0.1, 0.15) is 21.6 Å². The number of benzene rings is 3. The summed E-state index contributed by atoms with van der Waals surface area (Å²) < 4.78 is 2.11. The second kappa shape index (κ2) is 9.19. The van der Waals surface area contributed by atoms with E-state index in [1.54, 1.807) is 12.1 Å². The van der Waals surface area contributed by atoms with Crippen molar-refractivity contribution in [3.63, 3.8) is 0 Å². The molecule has 2 N–H and O–H groups in total. The number of phenols is 1. The molecule has 0 radical (unpaired) electrons. The SMILES string of the molecule is Cc1ccc(-c2ccccc2)n1-c1ccc(C(=O)N/N=C/c2cccc([N+](=O)[O-])c2O)cc1. The highest BCUT2D eigenvalue weighted by Gasteiger charge is 2.15. The third-order valence-electron chi connectivity index (χ3n) is 5.15. The Morgan fingerprint density at radius 1 is 1.00 bits per heavy atom. The zero-order valence-corrected chi connectivity index (χ0v) is 17.7. The van der Waals surface area contributed by atoms with Crippen LogP contribution in [0, 0.1) is 17.0 Å². The quantitative estimate of drug-likeness (QED) is 0.254. The van der Waals surface area contributed by atoms with E-state index in [0.29, 0.717) is 5.56 Å². The number of aromatic nitrogens is 1. The van der Waals surface area contributed by atoms with Gasteiger partial charge in [-0.15, -0.1) is 0 Å². The molecule has 1 amide bonds. The lowest BCUT2D eigenvalue weighted by atomic mass is 10.1. The lowest BCUT2D eigenvalue weighted by Crippen LogP contribution is -2.17. The number of nitrogens with zero attached hydrogens (tertiary/aromatic N) is 3. The number of para-hydroxylation sites is 1. The number of hydrogen-bond donors (Lipinski definition) is 2. The van der Waals surface area contributed by atoms with Crippen LogP contribution >= 0.6 is 0 Å². The standard InChI is InChI=1S/C25H20N4O4/c1-17-10-15-22(18-6-3-2-4-7-18)28(17)21-13-11-19(12-14-21)25(31)27-26-16-20-8-5-9-23(24(20)30)29(32)33/h2-16,30H,1H3,(H,27,31)/b26-16+. The van der Waals surface area contributed by atoms with Crippen molar-refractivity contribution in [1.82, 2.24) is 9.99 Å². The van der Waals surface area contributed by atoms with Crippen molar-refractivity contribution >= 4 is 17.8 Å². The van der Waals surface area contributed by atoms with Crippen LogP contribution in [-0.4, -0.2) is 26.7 Å². The van der Waals surface area contributed by atoms with Crippen LogP contribution in [-0.2, 0) is 0 Å². The number of aryl methyl sites for hydroxylation is 1. The van der Waals surface area contributed by atoms with Gasteiger partial charge < -0.3 is 9.67 Å². The van der Waals surface area contributed by atoms with Crippen molar-refractivity contribution in [1.29, 1.82) is 0 Å². The minimum atomic E-state index is -0.692. The number of aromatic hydroxyl groups is 1. The lowest BCUT2D eigenvalue weighted by Gasteiger charge is -2.12. The number of nitro groups is 1. The third-order valence-corrected chi connectivity index (χ3v) is 5.15. The fourth-order valence-electron chi connectivity index (χ4n) is 3.50. The summed E-state index contributed by atoms with van der Waals surface area (Å²) in [6.45, 7) is 2.02. The molecule has 0 aliphatic carbocycles. The molecule has 0 saturated heterocycles. The van der Waals surface area contributed by atoms with Gasteiger partial charge in [0.25, 0.3) is 5.91 Å². The number of nitro benzene ring substituents is 1. The zero-order valence-electron chi connectivity index (χ0n) is 17.7. The van der Waals surface area contributed by atoms with Crippen LogP contribution in [0.15, 0.2) is 90.0 Å². The van der Waals surface area contributed by atoms with Gasteiger partial charge in [0.05, 0.1) is 16.8 Å². The number of carbonyl (C=O) groups is 1. The fraction of sp³-hybridized carbons (Fsp3) is 0.0400. The normalized spacial score (nSPS) is 10.9. The van der Waals surface area contributed by atoms with Crippen molar-refractivity contribution in [2.24, 2.45) is 5.10 Å². The smallest absolute Gasteiger partial charge is 0.311 e. The second-order valence-electron chi connectivity index (χ2n) is 7.28. The zero-order chi connectivity index (χ0) is 23.4. The van der Waals surface area contributed by atoms with E-state index in [9.17, 15) is 20.0 Å². The maximum absolute atomic E-state index is 12.4. The first-order valence-corrected chi connectivity index (χ1v) is 10.1. The van der Waals surface area contributed by atoms with Gasteiger partial charge in [-0.25, -0.2) is 5.43 Å². The molecule has 0 spiro atoms. The molecule has 4 aromatic rings. The Bertz CT molecular complexity index is 1340. The second-order valence-corrected chi connectivity index (χ2v) is 7.28. The highest BCUT2D eigenvalue weighted by Crippen LogP contribution is 2.28. The Morgan fingerprint density at radius 3 is 2.42 bits per heavy atom. The Balaban J connectivity index is 1.50. The molecule has 1 aromatic heterocycles. The van der Waals surface area contributed by atoms with Crippen molar-refractivity contribution in [3.8, 4) is 22.7 Å². The van der Waals surface area contributed by atoms with Gasteiger partial charge in [0, 0.05) is 28.6 Å². The molecule has 0 unspecified atom stereocenters. The van der Waals surface area contributed by atoms with Gasteiger partial charge in [-0.1, -0.05) is 36.4 Å². The molecule has 33 heavy (non-hydrogen) atoms. The molecule has 1 heterocycles. The molecule has 0 aliphatic heterocycles. The molecule has 4 rings (SSSR count). The van der Waals surface area contributed by atoms with Crippen LogP contribution < -0.4 is 5.43 Å². The van der Waals surface area contributed by atoms with E-state index in [1.165, 1.54) is 18.2 Å². The predicted molar refractivity (Wildman–Crippen MR) is 126 cm³/mol. The highest BCUT2D eigenvalue weighted by atomic mass is 16.6. The van der Waals surface area contributed by atoms with Crippen molar-refractivity contribution in [2.45, 2.75) is 6.92 Å². The van der Waals surface area contributed by atoms with E-state index in [-0.39, 0.29) is 5.56 Å². The molecule has 164 valence electrons. The summed E-state index contributed by atoms with van der Waals surface area (Å²) in [6.07, 6.45) is 1.16. The largest absolute Gasteiger partial charge is 0.502 e. The molecule has 0 atom stereocenters. The number of amides is 1.